The summed E-state index contributed by atoms with van der Waals surface area (Å²) in [6, 6.07) is 0.0728. The van der Waals surface area contributed by atoms with Gasteiger partial charge < -0.3 is 10.2 Å². The van der Waals surface area contributed by atoms with E-state index in [1.54, 1.807) is 6.92 Å². The lowest BCUT2D eigenvalue weighted by molar-refractivity contribution is -0.143. The van der Waals surface area contributed by atoms with Crippen LogP contribution in [0.1, 0.15) is 26.2 Å². The number of hydrogen-bond acceptors (Lipinski definition) is 3. The van der Waals surface area contributed by atoms with E-state index in [2.05, 4.69) is 4.90 Å². The van der Waals surface area contributed by atoms with Crippen molar-refractivity contribution in [1.29, 1.82) is 0 Å². The van der Waals surface area contributed by atoms with Crippen LogP contribution < -0.4 is 0 Å². The number of nitrogens with zero attached hydrogens (tertiary/aromatic N) is 1. The maximum absolute atomic E-state index is 10.8. The number of carboxylic acids is 1. The standard InChI is InChI=1S/C11H19NO3/c1-7(11(14)15)6-9-10(13)8-2-4-12(9)5-3-8/h7-10,13H,2-6H2,1H3,(H,14,15). The molecule has 0 radical (unpaired) electrons. The molecule has 2 bridgehead atoms. The summed E-state index contributed by atoms with van der Waals surface area (Å²) in [5.74, 6) is -0.713. The first-order chi connectivity index (χ1) is 7.09. The van der Waals surface area contributed by atoms with E-state index in [0.29, 0.717) is 12.3 Å². The van der Waals surface area contributed by atoms with Crippen molar-refractivity contribution in [3.8, 4) is 0 Å². The van der Waals surface area contributed by atoms with Gasteiger partial charge in [-0.2, -0.15) is 0 Å². The lowest BCUT2D eigenvalue weighted by atomic mass is 9.78. The molecule has 3 heterocycles. The summed E-state index contributed by atoms with van der Waals surface area (Å²) in [6.07, 6.45) is 2.40. The van der Waals surface area contributed by atoms with Gasteiger partial charge >= 0.3 is 5.97 Å². The Bertz CT molecular complexity index is 246. The van der Waals surface area contributed by atoms with Crippen LogP contribution in [0.2, 0.25) is 0 Å². The topological polar surface area (TPSA) is 60.8 Å². The van der Waals surface area contributed by atoms with E-state index >= 15 is 0 Å². The molecule has 3 aliphatic heterocycles. The third kappa shape index (κ3) is 2.01. The van der Waals surface area contributed by atoms with Crippen LogP contribution in [-0.2, 0) is 4.79 Å². The highest BCUT2D eigenvalue weighted by Crippen LogP contribution is 2.34. The molecule has 0 spiro atoms. The maximum Gasteiger partial charge on any atom is 0.306 e. The summed E-state index contributed by atoms with van der Waals surface area (Å²) in [4.78, 5) is 13.0. The molecule has 3 unspecified atom stereocenters. The first kappa shape index (κ1) is 10.9. The van der Waals surface area contributed by atoms with Crippen LogP contribution in [0.3, 0.4) is 0 Å². The molecule has 3 rings (SSSR count). The minimum Gasteiger partial charge on any atom is -0.481 e. The van der Waals surface area contributed by atoms with Crippen LogP contribution in [0.15, 0.2) is 0 Å². The van der Waals surface area contributed by atoms with E-state index in [1.807, 2.05) is 0 Å². The summed E-state index contributed by atoms with van der Waals surface area (Å²) in [6.45, 7) is 3.77. The summed E-state index contributed by atoms with van der Waals surface area (Å²) in [7, 11) is 0. The summed E-state index contributed by atoms with van der Waals surface area (Å²) >= 11 is 0. The van der Waals surface area contributed by atoms with E-state index < -0.39 is 5.97 Å². The lowest BCUT2D eigenvalue weighted by Crippen LogP contribution is -2.58. The third-order valence-corrected chi connectivity index (χ3v) is 3.94. The second kappa shape index (κ2) is 4.10. The van der Waals surface area contributed by atoms with E-state index in [0.717, 1.165) is 25.9 Å². The number of carboxylic acid groups (broad SMARTS) is 1. The number of hydrogen-bond donors (Lipinski definition) is 2. The Balaban J connectivity index is 1.99. The Morgan fingerprint density at radius 2 is 2.07 bits per heavy atom. The summed E-state index contributed by atoms with van der Waals surface area (Å²) in [5, 5.41) is 18.9. The Hall–Kier alpha value is -0.610. The van der Waals surface area contributed by atoms with Gasteiger partial charge in [-0.15, -0.1) is 0 Å². The van der Waals surface area contributed by atoms with E-state index in [9.17, 15) is 9.90 Å². The van der Waals surface area contributed by atoms with Crippen molar-refractivity contribution in [2.45, 2.75) is 38.3 Å². The normalized spacial score (nSPS) is 41.5. The number of aliphatic hydroxyl groups is 1. The molecule has 0 aromatic heterocycles. The van der Waals surface area contributed by atoms with Gasteiger partial charge in [0.1, 0.15) is 0 Å². The number of aliphatic hydroxyl groups excluding tert-OH is 1. The average molecular weight is 213 g/mol. The molecule has 0 aromatic carbocycles. The third-order valence-electron chi connectivity index (χ3n) is 3.94. The SMILES string of the molecule is CC(CC1C(O)C2CCN1CC2)C(=O)O. The molecule has 0 amide bonds. The van der Waals surface area contributed by atoms with Gasteiger partial charge in [-0.3, -0.25) is 9.69 Å². The molecule has 0 aliphatic carbocycles. The molecular formula is C11H19NO3. The highest BCUT2D eigenvalue weighted by atomic mass is 16.4. The number of carbonyl (C=O) groups is 1. The highest BCUT2D eigenvalue weighted by Gasteiger charge is 2.41. The predicted octanol–water partition coefficient (Wildman–Crippen LogP) is 0.552. The zero-order valence-electron chi connectivity index (χ0n) is 9.09. The zero-order chi connectivity index (χ0) is 11.0. The van der Waals surface area contributed by atoms with E-state index in [-0.39, 0.29) is 18.1 Å². The quantitative estimate of drug-likeness (QED) is 0.719. The highest BCUT2D eigenvalue weighted by molar-refractivity contribution is 5.69. The minimum absolute atomic E-state index is 0.0728. The summed E-state index contributed by atoms with van der Waals surface area (Å²) < 4.78 is 0. The Morgan fingerprint density at radius 1 is 1.47 bits per heavy atom. The van der Waals surface area contributed by atoms with Crippen molar-refractivity contribution in [2.75, 3.05) is 13.1 Å². The molecule has 3 atom stereocenters. The second-order valence-electron chi connectivity index (χ2n) is 4.91. The zero-order valence-corrected chi connectivity index (χ0v) is 9.09. The van der Waals surface area contributed by atoms with Gasteiger partial charge in [-0.25, -0.2) is 0 Å². The molecule has 4 heteroatoms. The van der Waals surface area contributed by atoms with Crippen molar-refractivity contribution in [2.24, 2.45) is 11.8 Å². The molecule has 4 nitrogen and oxygen atoms in total. The van der Waals surface area contributed by atoms with Crippen LogP contribution in [0.5, 0.6) is 0 Å². The fraction of sp³-hybridized carbons (Fsp3) is 0.909. The molecule has 86 valence electrons. The number of piperidine rings is 3. The number of fused-ring (bicyclic) bond motifs is 3. The monoisotopic (exact) mass is 213 g/mol. The van der Waals surface area contributed by atoms with Crippen LogP contribution in [-0.4, -0.2) is 46.3 Å². The fourth-order valence-electron chi connectivity index (χ4n) is 2.87. The predicted molar refractivity (Wildman–Crippen MR) is 55.5 cm³/mol. The molecule has 3 saturated heterocycles. The van der Waals surface area contributed by atoms with Gasteiger partial charge in [0.15, 0.2) is 0 Å². The van der Waals surface area contributed by atoms with Crippen molar-refractivity contribution in [3.05, 3.63) is 0 Å². The Kier molecular flexibility index (Phi) is 2.98. The average Bonchev–Trinajstić information content (AvgIpc) is 2.23. The molecule has 0 aromatic rings. The smallest absolute Gasteiger partial charge is 0.306 e. The van der Waals surface area contributed by atoms with Crippen LogP contribution in [0, 0.1) is 11.8 Å². The molecule has 15 heavy (non-hydrogen) atoms. The largest absolute Gasteiger partial charge is 0.481 e. The Morgan fingerprint density at radius 3 is 2.53 bits per heavy atom. The van der Waals surface area contributed by atoms with Gasteiger partial charge in [-0.05, 0) is 38.3 Å². The minimum atomic E-state index is -0.759. The van der Waals surface area contributed by atoms with Crippen LogP contribution >= 0.6 is 0 Å². The van der Waals surface area contributed by atoms with Gasteiger partial charge in [0, 0.05) is 6.04 Å². The molecule has 3 fully saturated rings. The first-order valence-electron chi connectivity index (χ1n) is 5.74. The fourth-order valence-corrected chi connectivity index (χ4v) is 2.87. The number of aliphatic carboxylic acids is 1. The molecular weight excluding hydrogens is 194 g/mol. The maximum atomic E-state index is 10.8. The van der Waals surface area contributed by atoms with Crippen molar-refractivity contribution in [3.63, 3.8) is 0 Å². The van der Waals surface area contributed by atoms with E-state index in [1.165, 1.54) is 0 Å². The molecule has 2 N–H and O–H groups in total. The first-order valence-corrected chi connectivity index (χ1v) is 5.74. The van der Waals surface area contributed by atoms with Gasteiger partial charge in [0.05, 0.1) is 12.0 Å². The van der Waals surface area contributed by atoms with E-state index in [4.69, 9.17) is 5.11 Å². The summed E-state index contributed by atoms with van der Waals surface area (Å²) in [5.41, 5.74) is 0. The van der Waals surface area contributed by atoms with Gasteiger partial charge in [0.25, 0.3) is 0 Å². The van der Waals surface area contributed by atoms with Crippen LogP contribution in [0.25, 0.3) is 0 Å². The van der Waals surface area contributed by atoms with Gasteiger partial charge in [-0.1, -0.05) is 6.92 Å². The second-order valence-corrected chi connectivity index (χ2v) is 4.91. The van der Waals surface area contributed by atoms with Crippen molar-refractivity contribution >= 4 is 5.97 Å². The van der Waals surface area contributed by atoms with Crippen LogP contribution in [0.4, 0.5) is 0 Å². The van der Waals surface area contributed by atoms with Gasteiger partial charge in [0.2, 0.25) is 0 Å². The number of rotatable bonds is 3. The lowest BCUT2D eigenvalue weighted by Gasteiger charge is -2.49. The van der Waals surface area contributed by atoms with Crippen molar-refractivity contribution < 1.29 is 15.0 Å². The molecule has 3 aliphatic rings. The molecule has 0 saturated carbocycles. The van der Waals surface area contributed by atoms with Crippen molar-refractivity contribution in [1.82, 2.24) is 4.90 Å². The Labute approximate surface area is 89.9 Å².